The number of hydrogen-bond acceptors (Lipinski definition) is 2. The van der Waals surface area contributed by atoms with E-state index < -0.39 is 0 Å². The van der Waals surface area contributed by atoms with E-state index in [-0.39, 0.29) is 0 Å². The molecule has 2 nitrogen and oxygen atoms in total. The van der Waals surface area contributed by atoms with Crippen LogP contribution in [0.3, 0.4) is 0 Å². The molecule has 0 heterocycles. The lowest BCUT2D eigenvalue weighted by molar-refractivity contribution is 0.136. The van der Waals surface area contributed by atoms with Gasteiger partial charge in [-0.15, -0.1) is 0 Å². The summed E-state index contributed by atoms with van der Waals surface area (Å²) < 4.78 is 5.34. The second-order valence-electron chi connectivity index (χ2n) is 3.33. The molecule has 0 aromatic heterocycles. The predicted molar refractivity (Wildman–Crippen MR) is 53.4 cm³/mol. The summed E-state index contributed by atoms with van der Waals surface area (Å²) in [6, 6.07) is 0. The molecular formula is C10H23NO. The standard InChI is InChI=1S/C10H23NO/c1-4-7-12-8-6-11-9-10(3)5-2/h10-11H,4-9H2,1-3H3. The van der Waals surface area contributed by atoms with Crippen LogP contribution in [0.15, 0.2) is 0 Å². The molecule has 0 saturated carbocycles. The molecule has 0 fully saturated rings. The van der Waals surface area contributed by atoms with Crippen molar-refractivity contribution in [1.82, 2.24) is 5.32 Å². The third-order valence-corrected chi connectivity index (χ3v) is 1.96. The van der Waals surface area contributed by atoms with Gasteiger partial charge in [-0.25, -0.2) is 0 Å². The number of nitrogens with one attached hydrogen (secondary N) is 1. The molecule has 1 N–H and O–H groups in total. The van der Waals surface area contributed by atoms with Crippen LogP contribution in [0.2, 0.25) is 0 Å². The molecule has 1 unspecified atom stereocenters. The highest BCUT2D eigenvalue weighted by Gasteiger charge is 1.96. The summed E-state index contributed by atoms with van der Waals surface area (Å²) in [7, 11) is 0. The number of hydrogen-bond donors (Lipinski definition) is 1. The van der Waals surface area contributed by atoms with Crippen molar-refractivity contribution in [3.63, 3.8) is 0 Å². The molecule has 12 heavy (non-hydrogen) atoms. The summed E-state index contributed by atoms with van der Waals surface area (Å²) in [5, 5.41) is 3.37. The minimum absolute atomic E-state index is 0.788. The minimum Gasteiger partial charge on any atom is -0.380 e. The summed E-state index contributed by atoms with van der Waals surface area (Å²) in [6.07, 6.45) is 2.37. The monoisotopic (exact) mass is 173 g/mol. The first-order chi connectivity index (χ1) is 5.81. The Labute approximate surface area is 76.7 Å². The molecule has 0 radical (unpaired) electrons. The fourth-order valence-electron chi connectivity index (χ4n) is 0.884. The summed E-state index contributed by atoms with van der Waals surface area (Å²) >= 11 is 0. The average molecular weight is 173 g/mol. The zero-order valence-corrected chi connectivity index (χ0v) is 8.73. The molecule has 0 saturated heterocycles. The topological polar surface area (TPSA) is 21.3 Å². The normalized spacial score (nSPS) is 13.2. The van der Waals surface area contributed by atoms with E-state index in [0.29, 0.717) is 0 Å². The Bertz CT molecular complexity index is 85.9. The quantitative estimate of drug-likeness (QED) is 0.567. The molecule has 0 spiro atoms. The average Bonchev–Trinajstić information content (AvgIpc) is 2.10. The van der Waals surface area contributed by atoms with E-state index in [2.05, 4.69) is 26.1 Å². The van der Waals surface area contributed by atoms with Crippen LogP contribution in [0, 0.1) is 5.92 Å². The minimum atomic E-state index is 0.788. The van der Waals surface area contributed by atoms with Gasteiger partial charge in [0.2, 0.25) is 0 Å². The SMILES string of the molecule is CCCOCCNCC(C)CC. The highest BCUT2D eigenvalue weighted by Crippen LogP contribution is 1.96. The van der Waals surface area contributed by atoms with E-state index in [1.165, 1.54) is 6.42 Å². The Hall–Kier alpha value is -0.0800. The van der Waals surface area contributed by atoms with Crippen molar-refractivity contribution in [1.29, 1.82) is 0 Å². The third-order valence-electron chi connectivity index (χ3n) is 1.96. The van der Waals surface area contributed by atoms with Gasteiger partial charge in [-0.1, -0.05) is 27.2 Å². The molecule has 0 aromatic carbocycles. The van der Waals surface area contributed by atoms with Gasteiger partial charge in [-0.3, -0.25) is 0 Å². The van der Waals surface area contributed by atoms with Gasteiger partial charge in [0.05, 0.1) is 6.61 Å². The van der Waals surface area contributed by atoms with E-state index in [9.17, 15) is 0 Å². The van der Waals surface area contributed by atoms with E-state index in [1.54, 1.807) is 0 Å². The van der Waals surface area contributed by atoms with Gasteiger partial charge in [0.25, 0.3) is 0 Å². The fraction of sp³-hybridized carbons (Fsp3) is 1.00. The molecular weight excluding hydrogens is 150 g/mol. The molecule has 0 bridgehead atoms. The maximum absolute atomic E-state index is 5.34. The molecule has 0 aromatic rings. The van der Waals surface area contributed by atoms with E-state index in [4.69, 9.17) is 4.74 Å². The van der Waals surface area contributed by atoms with Gasteiger partial charge in [-0.05, 0) is 18.9 Å². The smallest absolute Gasteiger partial charge is 0.0590 e. The second kappa shape index (κ2) is 9.01. The van der Waals surface area contributed by atoms with E-state index in [0.717, 1.165) is 38.6 Å². The Morgan fingerprint density at radius 1 is 1.25 bits per heavy atom. The lowest BCUT2D eigenvalue weighted by Gasteiger charge is -2.09. The number of rotatable bonds is 8. The maximum Gasteiger partial charge on any atom is 0.0590 e. The van der Waals surface area contributed by atoms with Gasteiger partial charge in [0.1, 0.15) is 0 Å². The molecule has 1 atom stereocenters. The Morgan fingerprint density at radius 3 is 2.58 bits per heavy atom. The van der Waals surface area contributed by atoms with Crippen LogP contribution in [-0.2, 0) is 4.74 Å². The summed E-state index contributed by atoms with van der Waals surface area (Å²) in [5.74, 6) is 0.788. The first kappa shape index (κ1) is 11.9. The molecule has 0 rings (SSSR count). The highest BCUT2D eigenvalue weighted by molar-refractivity contribution is 4.53. The zero-order valence-electron chi connectivity index (χ0n) is 8.73. The van der Waals surface area contributed by atoms with Gasteiger partial charge < -0.3 is 10.1 Å². The van der Waals surface area contributed by atoms with Crippen LogP contribution < -0.4 is 5.32 Å². The van der Waals surface area contributed by atoms with Crippen molar-refractivity contribution in [3.05, 3.63) is 0 Å². The lowest BCUT2D eigenvalue weighted by Crippen LogP contribution is -2.24. The molecule has 74 valence electrons. The predicted octanol–water partition coefficient (Wildman–Crippen LogP) is 2.05. The molecule has 2 heteroatoms. The van der Waals surface area contributed by atoms with E-state index >= 15 is 0 Å². The van der Waals surface area contributed by atoms with Crippen LogP contribution in [0.1, 0.15) is 33.6 Å². The Kier molecular flexibility index (Phi) is 8.95. The lowest BCUT2D eigenvalue weighted by atomic mass is 10.1. The first-order valence-electron chi connectivity index (χ1n) is 5.09. The van der Waals surface area contributed by atoms with Crippen LogP contribution in [-0.4, -0.2) is 26.3 Å². The van der Waals surface area contributed by atoms with Crippen molar-refractivity contribution < 1.29 is 4.74 Å². The van der Waals surface area contributed by atoms with Gasteiger partial charge >= 0.3 is 0 Å². The van der Waals surface area contributed by atoms with Gasteiger partial charge in [0.15, 0.2) is 0 Å². The van der Waals surface area contributed by atoms with Gasteiger partial charge in [-0.2, -0.15) is 0 Å². The van der Waals surface area contributed by atoms with Crippen LogP contribution in [0.4, 0.5) is 0 Å². The molecule has 0 aliphatic heterocycles. The molecule has 0 amide bonds. The number of ether oxygens (including phenoxy) is 1. The fourth-order valence-corrected chi connectivity index (χ4v) is 0.884. The van der Waals surface area contributed by atoms with Crippen molar-refractivity contribution in [2.75, 3.05) is 26.3 Å². The van der Waals surface area contributed by atoms with Gasteiger partial charge in [0, 0.05) is 13.2 Å². The highest BCUT2D eigenvalue weighted by atomic mass is 16.5. The largest absolute Gasteiger partial charge is 0.380 e. The Morgan fingerprint density at radius 2 is 2.00 bits per heavy atom. The Balaban J connectivity index is 2.90. The van der Waals surface area contributed by atoms with Crippen molar-refractivity contribution in [2.45, 2.75) is 33.6 Å². The van der Waals surface area contributed by atoms with Crippen LogP contribution >= 0.6 is 0 Å². The molecule has 0 aliphatic rings. The first-order valence-corrected chi connectivity index (χ1v) is 5.09. The maximum atomic E-state index is 5.34. The summed E-state index contributed by atoms with van der Waals surface area (Å²) in [5.41, 5.74) is 0. The molecule has 0 aliphatic carbocycles. The second-order valence-corrected chi connectivity index (χ2v) is 3.33. The van der Waals surface area contributed by atoms with Crippen molar-refractivity contribution in [2.24, 2.45) is 5.92 Å². The summed E-state index contributed by atoms with van der Waals surface area (Å²) in [4.78, 5) is 0. The zero-order chi connectivity index (χ0) is 9.23. The third kappa shape index (κ3) is 8.02. The van der Waals surface area contributed by atoms with E-state index in [1.807, 2.05) is 0 Å². The van der Waals surface area contributed by atoms with Crippen molar-refractivity contribution in [3.8, 4) is 0 Å². The van der Waals surface area contributed by atoms with Crippen LogP contribution in [0.5, 0.6) is 0 Å². The summed E-state index contributed by atoms with van der Waals surface area (Å²) in [6.45, 7) is 10.5. The van der Waals surface area contributed by atoms with Crippen LogP contribution in [0.25, 0.3) is 0 Å². The van der Waals surface area contributed by atoms with Crippen molar-refractivity contribution >= 4 is 0 Å².